The molecule has 1 N–H and O–H groups in total. The van der Waals surface area contributed by atoms with Crippen LogP contribution in [0.3, 0.4) is 0 Å². The van der Waals surface area contributed by atoms with E-state index in [0.29, 0.717) is 58.1 Å². The molecule has 0 atom stereocenters. The molecule has 4 heterocycles. The highest BCUT2D eigenvalue weighted by molar-refractivity contribution is 7.92. The maximum atomic E-state index is 13.2. The third kappa shape index (κ3) is 5.01. The molecule has 41 heavy (non-hydrogen) atoms. The van der Waals surface area contributed by atoms with Crippen molar-refractivity contribution in [3.63, 3.8) is 0 Å². The maximum absolute atomic E-state index is 13.2. The Kier molecular flexibility index (Phi) is 6.88. The van der Waals surface area contributed by atoms with Gasteiger partial charge in [0.1, 0.15) is 16.4 Å². The van der Waals surface area contributed by atoms with Crippen molar-refractivity contribution in [2.75, 3.05) is 31.3 Å². The Bertz CT molecular complexity index is 1890. The molecule has 0 saturated heterocycles. The van der Waals surface area contributed by atoms with Gasteiger partial charge in [-0.05, 0) is 25.1 Å². The van der Waals surface area contributed by atoms with Crippen molar-refractivity contribution >= 4 is 43.9 Å². The third-order valence-corrected chi connectivity index (χ3v) is 9.43. The van der Waals surface area contributed by atoms with Gasteiger partial charge in [0.05, 0.1) is 52.7 Å². The van der Waals surface area contributed by atoms with Gasteiger partial charge in [-0.15, -0.1) is 11.3 Å². The Morgan fingerprint density at radius 2 is 1.83 bits per heavy atom. The van der Waals surface area contributed by atoms with E-state index in [1.54, 1.807) is 30.5 Å². The number of nitrogens with one attached hydrogen (secondary N) is 1. The molecular weight excluding hydrogens is 560 g/mol. The van der Waals surface area contributed by atoms with Crippen LogP contribution in [0.25, 0.3) is 44.3 Å². The Hall–Kier alpha value is -4.06. The topological polar surface area (TPSA) is 115 Å². The summed E-state index contributed by atoms with van der Waals surface area (Å²) in [4.78, 5) is 24.0. The monoisotopic (exact) mass is 588 g/mol. The Balaban J connectivity index is 1.58. The van der Waals surface area contributed by atoms with Crippen LogP contribution < -0.4 is 9.62 Å². The standard InChI is InChI=1S/C30H28N4O5S2/c1-17-8-10-18(11-9-17)28-27(29(35)31-2)20-14-19(24(15-25(20)39-28)34(3)41(4,36)37)21-6-5-7-23(32-21)30-33-22-12-13-38-16-26(22)40-30/h5-11,14-15H,12-13,16H2,1-4H3,(H,31,35). The molecule has 1 aliphatic heterocycles. The third-order valence-electron chi connectivity index (χ3n) is 7.15. The van der Waals surface area contributed by atoms with Gasteiger partial charge in [0, 0.05) is 43.1 Å². The van der Waals surface area contributed by atoms with Gasteiger partial charge in [-0.2, -0.15) is 0 Å². The van der Waals surface area contributed by atoms with E-state index in [4.69, 9.17) is 19.1 Å². The number of carbonyl (C=O) groups excluding carboxylic acids is 1. The second-order valence-corrected chi connectivity index (χ2v) is 13.0. The van der Waals surface area contributed by atoms with Gasteiger partial charge in [0.15, 0.2) is 0 Å². The van der Waals surface area contributed by atoms with Crippen LogP contribution in [0.2, 0.25) is 0 Å². The normalized spacial score (nSPS) is 13.3. The molecule has 5 aromatic rings. The van der Waals surface area contributed by atoms with Crippen molar-refractivity contribution < 1.29 is 22.4 Å². The summed E-state index contributed by atoms with van der Waals surface area (Å²) in [6.45, 7) is 3.17. The molecule has 9 nitrogen and oxygen atoms in total. The summed E-state index contributed by atoms with van der Waals surface area (Å²) in [5.41, 5.74) is 5.73. The molecule has 0 fully saturated rings. The van der Waals surface area contributed by atoms with Gasteiger partial charge in [-0.1, -0.05) is 35.9 Å². The summed E-state index contributed by atoms with van der Waals surface area (Å²) in [6.07, 6.45) is 1.90. The van der Waals surface area contributed by atoms with Crippen LogP contribution in [0.5, 0.6) is 0 Å². The lowest BCUT2D eigenvalue weighted by atomic mass is 10.0. The van der Waals surface area contributed by atoms with E-state index in [2.05, 4.69) is 5.32 Å². The Morgan fingerprint density at radius 1 is 1.07 bits per heavy atom. The first-order chi connectivity index (χ1) is 19.6. The van der Waals surface area contributed by atoms with Crippen molar-refractivity contribution in [3.05, 3.63) is 76.3 Å². The van der Waals surface area contributed by atoms with Crippen LogP contribution in [-0.2, 0) is 27.8 Å². The highest BCUT2D eigenvalue weighted by Gasteiger charge is 2.26. The minimum absolute atomic E-state index is 0.313. The summed E-state index contributed by atoms with van der Waals surface area (Å²) in [7, 11) is -0.586. The molecule has 0 spiro atoms. The number of ether oxygens (including phenoxy) is 1. The number of rotatable bonds is 6. The van der Waals surface area contributed by atoms with E-state index < -0.39 is 10.0 Å². The van der Waals surface area contributed by atoms with E-state index in [9.17, 15) is 13.2 Å². The van der Waals surface area contributed by atoms with Crippen molar-refractivity contribution in [1.82, 2.24) is 15.3 Å². The number of furan rings is 1. The number of pyridine rings is 1. The van der Waals surface area contributed by atoms with E-state index in [-0.39, 0.29) is 5.91 Å². The number of carbonyl (C=O) groups is 1. The highest BCUT2D eigenvalue weighted by atomic mass is 32.2. The zero-order chi connectivity index (χ0) is 28.9. The number of benzene rings is 2. The van der Waals surface area contributed by atoms with E-state index >= 15 is 0 Å². The zero-order valence-corrected chi connectivity index (χ0v) is 24.6. The first-order valence-corrected chi connectivity index (χ1v) is 15.7. The molecule has 0 saturated carbocycles. The minimum atomic E-state index is -3.64. The Labute approximate surface area is 241 Å². The van der Waals surface area contributed by atoms with Crippen LogP contribution in [0, 0.1) is 6.92 Å². The number of aryl methyl sites for hydroxylation is 1. The fraction of sp³-hybridized carbons (Fsp3) is 0.233. The lowest BCUT2D eigenvalue weighted by Crippen LogP contribution is -2.25. The maximum Gasteiger partial charge on any atom is 0.255 e. The number of anilines is 1. The first-order valence-electron chi connectivity index (χ1n) is 13.0. The number of aromatic nitrogens is 2. The van der Waals surface area contributed by atoms with Crippen LogP contribution in [0.4, 0.5) is 5.69 Å². The van der Waals surface area contributed by atoms with Gasteiger partial charge in [-0.3, -0.25) is 9.10 Å². The number of thiazole rings is 1. The Morgan fingerprint density at radius 3 is 2.54 bits per heavy atom. The lowest BCUT2D eigenvalue weighted by Gasteiger charge is -2.20. The van der Waals surface area contributed by atoms with E-state index in [0.717, 1.165) is 39.4 Å². The molecule has 0 bridgehead atoms. The smallest absolute Gasteiger partial charge is 0.255 e. The van der Waals surface area contributed by atoms with E-state index in [1.807, 2.05) is 49.4 Å². The van der Waals surface area contributed by atoms with Gasteiger partial charge >= 0.3 is 0 Å². The first kappa shape index (κ1) is 27.1. The molecule has 11 heteroatoms. The molecule has 1 aliphatic rings. The van der Waals surface area contributed by atoms with Gasteiger partial charge in [0.2, 0.25) is 10.0 Å². The fourth-order valence-corrected chi connectivity index (χ4v) is 6.40. The summed E-state index contributed by atoms with van der Waals surface area (Å²) in [6, 6.07) is 16.7. The summed E-state index contributed by atoms with van der Waals surface area (Å²) in [5, 5.41) is 4.04. The van der Waals surface area contributed by atoms with Gasteiger partial charge in [0.25, 0.3) is 5.91 Å². The quantitative estimate of drug-likeness (QED) is 0.282. The van der Waals surface area contributed by atoms with Crippen LogP contribution in [0.15, 0.2) is 59.0 Å². The number of hydrogen-bond acceptors (Lipinski definition) is 8. The number of nitrogens with zero attached hydrogens (tertiary/aromatic N) is 3. The summed E-state index contributed by atoms with van der Waals surface area (Å²) >= 11 is 1.55. The van der Waals surface area contributed by atoms with Crippen LogP contribution in [-0.4, -0.2) is 51.3 Å². The van der Waals surface area contributed by atoms with Crippen LogP contribution in [0.1, 0.15) is 26.5 Å². The summed E-state index contributed by atoms with van der Waals surface area (Å²) in [5.74, 6) is 0.0912. The number of fused-ring (bicyclic) bond motifs is 2. The molecule has 3 aromatic heterocycles. The van der Waals surface area contributed by atoms with E-state index in [1.165, 1.54) is 11.4 Å². The lowest BCUT2D eigenvalue weighted by molar-refractivity contribution is 0.0964. The highest BCUT2D eigenvalue weighted by Crippen LogP contribution is 2.41. The summed E-state index contributed by atoms with van der Waals surface area (Å²) < 4.78 is 38.5. The SMILES string of the molecule is CNC(=O)c1c(-c2ccc(C)cc2)oc2cc(N(C)S(C)(=O)=O)c(-c3cccc(-c4nc5c(s4)COCC5)n3)cc12. The molecule has 0 unspecified atom stereocenters. The average molecular weight is 589 g/mol. The minimum Gasteiger partial charge on any atom is -0.455 e. The largest absolute Gasteiger partial charge is 0.455 e. The molecule has 1 amide bonds. The molecule has 0 radical (unpaired) electrons. The van der Waals surface area contributed by atoms with Crippen molar-refractivity contribution in [2.24, 2.45) is 0 Å². The molecule has 210 valence electrons. The fourth-order valence-electron chi connectivity index (χ4n) is 4.87. The van der Waals surface area contributed by atoms with Crippen LogP contribution >= 0.6 is 11.3 Å². The van der Waals surface area contributed by atoms with Crippen molar-refractivity contribution in [2.45, 2.75) is 20.0 Å². The number of sulfonamides is 1. The number of hydrogen-bond donors (Lipinski definition) is 1. The number of amides is 1. The molecule has 2 aromatic carbocycles. The second kappa shape index (κ2) is 10.4. The average Bonchev–Trinajstić information content (AvgIpc) is 3.57. The van der Waals surface area contributed by atoms with Gasteiger partial charge in [-0.25, -0.2) is 18.4 Å². The molecule has 0 aliphatic carbocycles. The molecule has 6 rings (SSSR count). The zero-order valence-electron chi connectivity index (χ0n) is 23.0. The molecular formula is C30H28N4O5S2. The van der Waals surface area contributed by atoms with Crippen molar-refractivity contribution in [3.8, 4) is 33.3 Å². The van der Waals surface area contributed by atoms with Gasteiger partial charge < -0.3 is 14.5 Å². The van der Waals surface area contributed by atoms with Crippen molar-refractivity contribution in [1.29, 1.82) is 0 Å². The predicted molar refractivity (Wildman–Crippen MR) is 161 cm³/mol. The second-order valence-electron chi connectivity index (χ2n) is 9.95. The predicted octanol–water partition coefficient (Wildman–Crippen LogP) is 5.42.